The molecule has 2 aliphatic heterocycles. The van der Waals surface area contributed by atoms with Crippen molar-refractivity contribution in [2.75, 3.05) is 37.7 Å². The average molecular weight is 374 g/mol. The molecule has 0 unspecified atom stereocenters. The van der Waals surface area contributed by atoms with Crippen LogP contribution in [0.15, 0.2) is 83.3 Å². The SMILES string of the molecule is C(=C1\COc2ccccc2O1)/N1CCN(c2ccccc2-c2ccco2)CC1. The van der Waals surface area contributed by atoms with Crippen molar-refractivity contribution in [2.45, 2.75) is 0 Å². The lowest BCUT2D eigenvalue weighted by atomic mass is 10.1. The van der Waals surface area contributed by atoms with Crippen LogP contribution in [-0.2, 0) is 0 Å². The monoisotopic (exact) mass is 374 g/mol. The highest BCUT2D eigenvalue weighted by molar-refractivity contribution is 5.75. The second-order valence-electron chi connectivity index (χ2n) is 6.95. The maximum atomic E-state index is 5.98. The lowest BCUT2D eigenvalue weighted by molar-refractivity contribution is 0.220. The summed E-state index contributed by atoms with van der Waals surface area (Å²) < 4.78 is 17.4. The highest BCUT2D eigenvalue weighted by Crippen LogP contribution is 2.33. The summed E-state index contributed by atoms with van der Waals surface area (Å²) in [5.41, 5.74) is 2.36. The first-order valence-electron chi connectivity index (χ1n) is 9.59. The molecule has 0 bridgehead atoms. The number of ether oxygens (including phenoxy) is 2. The van der Waals surface area contributed by atoms with Crippen molar-refractivity contribution in [1.82, 2.24) is 4.90 Å². The van der Waals surface area contributed by atoms with Crippen molar-refractivity contribution >= 4 is 5.69 Å². The fourth-order valence-electron chi connectivity index (χ4n) is 3.72. The summed E-state index contributed by atoms with van der Waals surface area (Å²) in [7, 11) is 0. The minimum atomic E-state index is 0.471. The topological polar surface area (TPSA) is 38.1 Å². The molecule has 2 aliphatic rings. The molecule has 1 saturated heterocycles. The van der Waals surface area contributed by atoms with Crippen LogP contribution < -0.4 is 14.4 Å². The Balaban J connectivity index is 1.27. The van der Waals surface area contributed by atoms with Crippen molar-refractivity contribution in [3.05, 3.63) is 78.9 Å². The van der Waals surface area contributed by atoms with Crippen LogP contribution in [0.2, 0.25) is 0 Å². The average Bonchev–Trinajstić information content (AvgIpc) is 3.29. The van der Waals surface area contributed by atoms with E-state index in [0.717, 1.165) is 54.8 Å². The van der Waals surface area contributed by atoms with E-state index in [9.17, 15) is 0 Å². The van der Waals surface area contributed by atoms with Crippen LogP contribution in [0.25, 0.3) is 11.3 Å². The van der Waals surface area contributed by atoms with Gasteiger partial charge in [0.05, 0.1) is 6.26 Å². The first kappa shape index (κ1) is 16.8. The molecule has 0 radical (unpaired) electrons. The molecule has 0 saturated carbocycles. The highest BCUT2D eigenvalue weighted by Gasteiger charge is 2.21. The third-order valence-electron chi connectivity index (χ3n) is 5.13. The number of para-hydroxylation sites is 3. The van der Waals surface area contributed by atoms with E-state index in [1.807, 2.05) is 36.4 Å². The van der Waals surface area contributed by atoms with E-state index in [4.69, 9.17) is 13.9 Å². The molecule has 0 spiro atoms. The van der Waals surface area contributed by atoms with Gasteiger partial charge in [0, 0.05) is 43.6 Å². The minimum Gasteiger partial charge on any atom is -0.482 e. The van der Waals surface area contributed by atoms with Gasteiger partial charge in [-0.2, -0.15) is 0 Å². The first-order valence-corrected chi connectivity index (χ1v) is 9.59. The number of rotatable bonds is 3. The lowest BCUT2D eigenvalue weighted by Gasteiger charge is -2.36. The molecular formula is C23H22N2O3. The molecule has 5 rings (SSSR count). The second kappa shape index (κ2) is 7.35. The van der Waals surface area contributed by atoms with Crippen LogP contribution in [0.5, 0.6) is 11.5 Å². The Morgan fingerprint density at radius 3 is 2.39 bits per heavy atom. The molecule has 0 amide bonds. The van der Waals surface area contributed by atoms with Gasteiger partial charge in [0.2, 0.25) is 0 Å². The van der Waals surface area contributed by atoms with Gasteiger partial charge >= 0.3 is 0 Å². The smallest absolute Gasteiger partial charge is 0.169 e. The van der Waals surface area contributed by atoms with E-state index >= 15 is 0 Å². The predicted octanol–water partition coefficient (Wildman–Crippen LogP) is 4.38. The Kier molecular flexibility index (Phi) is 4.41. The van der Waals surface area contributed by atoms with E-state index in [1.165, 1.54) is 5.69 Å². The minimum absolute atomic E-state index is 0.471. The van der Waals surface area contributed by atoms with E-state index in [-0.39, 0.29) is 0 Å². The molecule has 142 valence electrons. The van der Waals surface area contributed by atoms with Crippen molar-refractivity contribution in [2.24, 2.45) is 0 Å². The first-order chi connectivity index (χ1) is 13.9. The molecular weight excluding hydrogens is 352 g/mol. The van der Waals surface area contributed by atoms with Crippen molar-refractivity contribution < 1.29 is 13.9 Å². The van der Waals surface area contributed by atoms with Gasteiger partial charge in [-0.15, -0.1) is 0 Å². The maximum Gasteiger partial charge on any atom is 0.169 e. The van der Waals surface area contributed by atoms with Gasteiger partial charge in [-0.25, -0.2) is 0 Å². The second-order valence-corrected chi connectivity index (χ2v) is 6.95. The summed E-state index contributed by atoms with van der Waals surface area (Å²) in [6.07, 6.45) is 3.81. The molecule has 5 nitrogen and oxygen atoms in total. The molecule has 1 fully saturated rings. The third kappa shape index (κ3) is 3.31. The molecule has 0 aliphatic carbocycles. The lowest BCUT2D eigenvalue weighted by Crippen LogP contribution is -2.44. The van der Waals surface area contributed by atoms with Gasteiger partial charge in [-0.3, -0.25) is 0 Å². The number of hydrogen-bond donors (Lipinski definition) is 0. The van der Waals surface area contributed by atoms with E-state index < -0.39 is 0 Å². The van der Waals surface area contributed by atoms with Gasteiger partial charge in [0.1, 0.15) is 12.4 Å². The summed E-state index contributed by atoms with van der Waals surface area (Å²) in [5, 5.41) is 0. The summed E-state index contributed by atoms with van der Waals surface area (Å²) in [6.45, 7) is 4.22. The van der Waals surface area contributed by atoms with Crippen LogP contribution in [0.1, 0.15) is 0 Å². The molecule has 2 aromatic carbocycles. The van der Waals surface area contributed by atoms with Gasteiger partial charge in [-0.1, -0.05) is 24.3 Å². The van der Waals surface area contributed by atoms with Crippen LogP contribution in [0, 0.1) is 0 Å². The van der Waals surface area contributed by atoms with E-state index in [2.05, 4.69) is 40.3 Å². The zero-order valence-corrected chi connectivity index (χ0v) is 15.6. The zero-order valence-electron chi connectivity index (χ0n) is 15.6. The number of hydrogen-bond acceptors (Lipinski definition) is 5. The van der Waals surface area contributed by atoms with Gasteiger partial charge in [0.15, 0.2) is 17.3 Å². The summed E-state index contributed by atoms with van der Waals surface area (Å²) in [4.78, 5) is 4.72. The molecule has 3 aromatic rings. The van der Waals surface area contributed by atoms with Gasteiger partial charge in [-0.05, 0) is 36.4 Å². The molecule has 28 heavy (non-hydrogen) atoms. The number of furan rings is 1. The Morgan fingerprint density at radius 2 is 1.57 bits per heavy atom. The molecule has 3 heterocycles. The van der Waals surface area contributed by atoms with E-state index in [0.29, 0.717) is 6.61 Å². The van der Waals surface area contributed by atoms with Crippen molar-refractivity contribution in [3.8, 4) is 22.8 Å². The van der Waals surface area contributed by atoms with Crippen LogP contribution in [-0.4, -0.2) is 37.7 Å². The number of anilines is 1. The number of benzene rings is 2. The Bertz CT molecular complexity index is 973. The maximum absolute atomic E-state index is 5.98. The fourth-order valence-corrected chi connectivity index (χ4v) is 3.72. The van der Waals surface area contributed by atoms with Crippen LogP contribution in [0.3, 0.4) is 0 Å². The Morgan fingerprint density at radius 1 is 0.786 bits per heavy atom. The molecule has 5 heteroatoms. The Hall–Kier alpha value is -3.34. The van der Waals surface area contributed by atoms with Gasteiger partial charge < -0.3 is 23.7 Å². The summed E-state index contributed by atoms with van der Waals surface area (Å²) in [6, 6.07) is 20.2. The quantitative estimate of drug-likeness (QED) is 0.680. The number of nitrogens with zero attached hydrogens (tertiary/aromatic N) is 2. The van der Waals surface area contributed by atoms with Crippen LogP contribution in [0.4, 0.5) is 5.69 Å². The largest absolute Gasteiger partial charge is 0.482 e. The zero-order chi connectivity index (χ0) is 18.8. The predicted molar refractivity (Wildman–Crippen MR) is 109 cm³/mol. The van der Waals surface area contributed by atoms with Crippen LogP contribution >= 0.6 is 0 Å². The standard InChI is InChI=1S/C23H22N2O3/c1-2-7-20(19(6-1)21-10-5-15-26-21)25-13-11-24(12-14-25)16-18-17-27-22-8-3-4-9-23(22)28-18/h1-10,15-16H,11-14,17H2/b18-16-. The van der Waals surface area contributed by atoms with Crippen molar-refractivity contribution in [3.63, 3.8) is 0 Å². The van der Waals surface area contributed by atoms with E-state index in [1.54, 1.807) is 6.26 Å². The summed E-state index contributed by atoms with van der Waals surface area (Å²) in [5.74, 6) is 3.35. The molecule has 0 atom stereocenters. The van der Waals surface area contributed by atoms with Gasteiger partial charge in [0.25, 0.3) is 0 Å². The molecule has 0 N–H and O–H groups in total. The number of piperazine rings is 1. The highest BCUT2D eigenvalue weighted by atomic mass is 16.6. The normalized spacial score (nSPS) is 17.8. The third-order valence-corrected chi connectivity index (χ3v) is 5.13. The molecule has 1 aromatic heterocycles. The summed E-state index contributed by atoms with van der Waals surface area (Å²) >= 11 is 0. The number of fused-ring (bicyclic) bond motifs is 1. The fraction of sp³-hybridized carbons (Fsp3) is 0.217. The van der Waals surface area contributed by atoms with Crippen molar-refractivity contribution in [1.29, 1.82) is 0 Å². The Labute approximate surface area is 164 Å².